The molecule has 4 nitrogen and oxygen atoms in total. The quantitative estimate of drug-likeness (QED) is 0.442. The van der Waals surface area contributed by atoms with Gasteiger partial charge in [-0.05, 0) is 42.6 Å². The predicted octanol–water partition coefficient (Wildman–Crippen LogP) is 3.61. The SMILES string of the molecule is [N-]=[N+]=NCC=Cc1cccc(CN2CCCC2)c1. The zero-order chi connectivity index (χ0) is 12.6. The van der Waals surface area contributed by atoms with Gasteiger partial charge in [0.25, 0.3) is 0 Å². The first-order valence-electron chi connectivity index (χ1n) is 6.37. The van der Waals surface area contributed by atoms with Crippen molar-refractivity contribution in [2.45, 2.75) is 19.4 Å². The normalized spacial score (nSPS) is 16.0. The maximum atomic E-state index is 8.19. The number of nitrogens with zero attached hydrogens (tertiary/aromatic N) is 4. The van der Waals surface area contributed by atoms with Gasteiger partial charge in [0.2, 0.25) is 0 Å². The summed E-state index contributed by atoms with van der Waals surface area (Å²) in [5.74, 6) is 0. The summed E-state index contributed by atoms with van der Waals surface area (Å²) in [6.45, 7) is 3.89. The molecule has 1 saturated heterocycles. The summed E-state index contributed by atoms with van der Waals surface area (Å²) in [6.07, 6.45) is 6.54. The number of hydrogen-bond donors (Lipinski definition) is 0. The minimum absolute atomic E-state index is 0.410. The maximum absolute atomic E-state index is 8.19. The highest BCUT2D eigenvalue weighted by molar-refractivity contribution is 5.50. The highest BCUT2D eigenvalue weighted by Gasteiger charge is 2.11. The lowest BCUT2D eigenvalue weighted by Gasteiger charge is -2.14. The van der Waals surface area contributed by atoms with Gasteiger partial charge in [-0.25, -0.2) is 0 Å². The summed E-state index contributed by atoms with van der Waals surface area (Å²) in [4.78, 5) is 5.21. The molecule has 1 aliphatic heterocycles. The van der Waals surface area contributed by atoms with Gasteiger partial charge in [-0.1, -0.05) is 41.5 Å². The second-order valence-electron chi connectivity index (χ2n) is 4.54. The van der Waals surface area contributed by atoms with Crippen LogP contribution in [0.25, 0.3) is 16.5 Å². The summed E-state index contributed by atoms with van der Waals surface area (Å²) in [5, 5.41) is 3.48. The third-order valence-electron chi connectivity index (χ3n) is 3.12. The Morgan fingerprint density at radius 3 is 2.94 bits per heavy atom. The van der Waals surface area contributed by atoms with Crippen LogP contribution in [-0.2, 0) is 6.54 Å². The van der Waals surface area contributed by atoms with E-state index in [-0.39, 0.29) is 0 Å². The first kappa shape index (κ1) is 12.7. The van der Waals surface area contributed by atoms with E-state index in [1.807, 2.05) is 12.2 Å². The van der Waals surface area contributed by atoms with E-state index >= 15 is 0 Å². The molecule has 1 heterocycles. The van der Waals surface area contributed by atoms with Gasteiger partial charge in [0.15, 0.2) is 0 Å². The van der Waals surface area contributed by atoms with Crippen molar-refractivity contribution >= 4 is 6.08 Å². The molecule has 0 saturated carbocycles. The summed E-state index contributed by atoms with van der Waals surface area (Å²) in [7, 11) is 0. The molecule has 94 valence electrons. The zero-order valence-corrected chi connectivity index (χ0v) is 10.5. The average molecular weight is 242 g/mol. The third-order valence-corrected chi connectivity index (χ3v) is 3.12. The van der Waals surface area contributed by atoms with Crippen LogP contribution in [0, 0.1) is 0 Å². The number of azide groups is 1. The molecule has 0 N–H and O–H groups in total. The van der Waals surface area contributed by atoms with Crippen molar-refractivity contribution in [3.63, 3.8) is 0 Å². The van der Waals surface area contributed by atoms with Crippen LogP contribution < -0.4 is 0 Å². The lowest BCUT2D eigenvalue weighted by Crippen LogP contribution is -2.18. The van der Waals surface area contributed by atoms with E-state index in [2.05, 4.69) is 39.2 Å². The fourth-order valence-electron chi connectivity index (χ4n) is 2.27. The molecule has 1 aromatic rings. The Labute approximate surface area is 108 Å². The largest absolute Gasteiger partial charge is 0.299 e. The minimum atomic E-state index is 0.410. The van der Waals surface area contributed by atoms with Crippen LogP contribution >= 0.6 is 0 Å². The summed E-state index contributed by atoms with van der Waals surface area (Å²) >= 11 is 0. The van der Waals surface area contributed by atoms with Gasteiger partial charge in [0, 0.05) is 18.0 Å². The molecule has 4 heteroatoms. The molecule has 0 spiro atoms. The first-order valence-corrected chi connectivity index (χ1v) is 6.37. The molecular weight excluding hydrogens is 224 g/mol. The predicted molar refractivity (Wildman–Crippen MR) is 74.0 cm³/mol. The molecule has 2 rings (SSSR count). The van der Waals surface area contributed by atoms with Crippen molar-refractivity contribution in [3.05, 3.63) is 51.9 Å². The topological polar surface area (TPSA) is 52.0 Å². The van der Waals surface area contributed by atoms with Crippen LogP contribution in [0.1, 0.15) is 24.0 Å². The molecule has 0 bridgehead atoms. The van der Waals surface area contributed by atoms with E-state index in [9.17, 15) is 0 Å². The van der Waals surface area contributed by atoms with Crippen LogP contribution in [0.3, 0.4) is 0 Å². The van der Waals surface area contributed by atoms with E-state index < -0.39 is 0 Å². The molecular formula is C14H18N4. The van der Waals surface area contributed by atoms with Gasteiger partial charge in [-0.2, -0.15) is 0 Å². The van der Waals surface area contributed by atoms with Gasteiger partial charge in [0.05, 0.1) is 0 Å². The minimum Gasteiger partial charge on any atom is -0.299 e. The Morgan fingerprint density at radius 1 is 1.33 bits per heavy atom. The number of likely N-dealkylation sites (tertiary alicyclic amines) is 1. The average Bonchev–Trinajstić information content (AvgIpc) is 2.88. The van der Waals surface area contributed by atoms with Crippen LogP contribution in [0.5, 0.6) is 0 Å². The maximum Gasteiger partial charge on any atom is 0.0443 e. The molecule has 0 amide bonds. The monoisotopic (exact) mass is 242 g/mol. The van der Waals surface area contributed by atoms with Crippen LogP contribution in [-0.4, -0.2) is 24.5 Å². The Morgan fingerprint density at radius 2 is 2.17 bits per heavy atom. The fraction of sp³-hybridized carbons (Fsp3) is 0.429. The molecule has 0 atom stereocenters. The van der Waals surface area contributed by atoms with Crippen molar-refractivity contribution in [1.29, 1.82) is 0 Å². The highest BCUT2D eigenvalue weighted by Crippen LogP contribution is 2.14. The molecule has 0 aromatic heterocycles. The summed E-state index contributed by atoms with van der Waals surface area (Å²) in [5.41, 5.74) is 10.7. The van der Waals surface area contributed by atoms with E-state index in [1.54, 1.807) is 0 Å². The van der Waals surface area contributed by atoms with Crippen LogP contribution in [0.2, 0.25) is 0 Å². The Kier molecular flexibility index (Phi) is 4.82. The molecule has 1 aliphatic rings. The lowest BCUT2D eigenvalue weighted by atomic mass is 10.1. The Balaban J connectivity index is 1.95. The van der Waals surface area contributed by atoms with Gasteiger partial charge in [-0.3, -0.25) is 4.90 Å². The van der Waals surface area contributed by atoms with Crippen molar-refractivity contribution in [3.8, 4) is 0 Å². The van der Waals surface area contributed by atoms with Crippen molar-refractivity contribution in [2.75, 3.05) is 19.6 Å². The molecule has 0 aliphatic carbocycles. The van der Waals surface area contributed by atoms with Crippen molar-refractivity contribution in [2.24, 2.45) is 5.11 Å². The van der Waals surface area contributed by atoms with E-state index in [0.717, 1.165) is 6.54 Å². The van der Waals surface area contributed by atoms with Gasteiger partial charge in [0.1, 0.15) is 0 Å². The second kappa shape index (κ2) is 6.84. The number of hydrogen-bond acceptors (Lipinski definition) is 2. The molecule has 18 heavy (non-hydrogen) atoms. The molecule has 1 fully saturated rings. The summed E-state index contributed by atoms with van der Waals surface area (Å²) < 4.78 is 0. The molecule has 0 radical (unpaired) electrons. The van der Waals surface area contributed by atoms with Crippen molar-refractivity contribution in [1.82, 2.24) is 4.90 Å². The van der Waals surface area contributed by atoms with Gasteiger partial charge in [-0.15, -0.1) is 0 Å². The van der Waals surface area contributed by atoms with Crippen LogP contribution in [0.4, 0.5) is 0 Å². The van der Waals surface area contributed by atoms with Crippen molar-refractivity contribution < 1.29 is 0 Å². The number of benzene rings is 1. The van der Waals surface area contributed by atoms with E-state index in [4.69, 9.17) is 5.53 Å². The van der Waals surface area contributed by atoms with Gasteiger partial charge < -0.3 is 0 Å². The standard InChI is InChI=1S/C14H18N4/c15-17-16-8-4-7-13-5-3-6-14(11-13)12-18-9-1-2-10-18/h3-7,11H,1-2,8-10,12H2. The zero-order valence-electron chi connectivity index (χ0n) is 10.5. The smallest absolute Gasteiger partial charge is 0.0443 e. The Hall–Kier alpha value is -1.77. The highest BCUT2D eigenvalue weighted by atomic mass is 15.1. The van der Waals surface area contributed by atoms with E-state index in [1.165, 1.54) is 37.1 Å². The Bertz CT molecular complexity index is 455. The fourth-order valence-corrected chi connectivity index (χ4v) is 2.27. The second-order valence-corrected chi connectivity index (χ2v) is 4.54. The summed E-state index contributed by atoms with van der Waals surface area (Å²) in [6, 6.07) is 8.52. The number of rotatable bonds is 5. The first-order chi connectivity index (χ1) is 8.88. The van der Waals surface area contributed by atoms with Gasteiger partial charge >= 0.3 is 0 Å². The molecule has 1 aromatic carbocycles. The third kappa shape index (κ3) is 3.91. The lowest BCUT2D eigenvalue weighted by molar-refractivity contribution is 0.331. The molecule has 0 unspecified atom stereocenters. The van der Waals surface area contributed by atoms with E-state index in [0.29, 0.717) is 6.54 Å². The van der Waals surface area contributed by atoms with Crippen LogP contribution in [0.15, 0.2) is 35.5 Å².